The van der Waals surface area contributed by atoms with Gasteiger partial charge in [-0.25, -0.2) is 5.90 Å². The maximum atomic E-state index is 4.96. The van der Waals surface area contributed by atoms with Gasteiger partial charge in [0.2, 0.25) is 0 Å². The van der Waals surface area contributed by atoms with Crippen LogP contribution in [0.1, 0.15) is 43.7 Å². The zero-order chi connectivity index (χ0) is 11.1. The van der Waals surface area contributed by atoms with Crippen LogP contribution in [0.5, 0.6) is 0 Å². The minimum atomic E-state index is 0.615. The van der Waals surface area contributed by atoms with Gasteiger partial charge in [0.15, 0.2) is 0 Å². The van der Waals surface area contributed by atoms with Crippen molar-refractivity contribution in [3.63, 3.8) is 0 Å². The van der Waals surface area contributed by atoms with Gasteiger partial charge in [0.05, 0.1) is 6.61 Å². The molecule has 0 aromatic heterocycles. The molecule has 0 aliphatic heterocycles. The Labute approximate surface area is 92.4 Å². The van der Waals surface area contributed by atoms with Gasteiger partial charge in [-0.2, -0.15) is 0 Å². The molecule has 1 aromatic rings. The van der Waals surface area contributed by atoms with E-state index in [-0.39, 0.29) is 0 Å². The van der Waals surface area contributed by atoms with Crippen LogP contribution >= 0.6 is 0 Å². The molecule has 1 aromatic carbocycles. The molecule has 0 heterocycles. The zero-order valence-corrected chi connectivity index (χ0v) is 9.70. The molecule has 0 fully saturated rings. The van der Waals surface area contributed by atoms with E-state index in [9.17, 15) is 0 Å². The van der Waals surface area contributed by atoms with E-state index < -0.39 is 0 Å². The van der Waals surface area contributed by atoms with Gasteiger partial charge in [-0.3, -0.25) is 0 Å². The van der Waals surface area contributed by atoms with Gasteiger partial charge in [0, 0.05) is 0 Å². The summed E-state index contributed by atoms with van der Waals surface area (Å²) in [4.78, 5) is 4.53. The van der Waals surface area contributed by atoms with Crippen molar-refractivity contribution >= 4 is 0 Å². The first kappa shape index (κ1) is 12.2. The summed E-state index contributed by atoms with van der Waals surface area (Å²) in [7, 11) is 0. The average molecular weight is 207 g/mol. The minimum absolute atomic E-state index is 0.615. The molecule has 0 unspecified atom stereocenters. The van der Waals surface area contributed by atoms with Crippen LogP contribution in [0.3, 0.4) is 0 Å². The van der Waals surface area contributed by atoms with Crippen molar-refractivity contribution in [1.82, 2.24) is 0 Å². The van der Waals surface area contributed by atoms with Gasteiger partial charge >= 0.3 is 0 Å². The Morgan fingerprint density at radius 1 is 1.13 bits per heavy atom. The van der Waals surface area contributed by atoms with Crippen LogP contribution in [0.25, 0.3) is 0 Å². The topological polar surface area (TPSA) is 35.2 Å². The Kier molecular flexibility index (Phi) is 5.37. The van der Waals surface area contributed by atoms with E-state index in [1.807, 2.05) is 0 Å². The smallest absolute Gasteiger partial charge is 0.0679 e. The quantitative estimate of drug-likeness (QED) is 0.575. The molecule has 0 bridgehead atoms. The largest absolute Gasteiger partial charge is 0.305 e. The zero-order valence-electron chi connectivity index (χ0n) is 9.70. The molecule has 2 N–H and O–H groups in total. The molecule has 0 spiro atoms. The van der Waals surface area contributed by atoms with Gasteiger partial charge in [-0.1, -0.05) is 38.1 Å². The van der Waals surface area contributed by atoms with E-state index in [0.717, 1.165) is 19.3 Å². The van der Waals surface area contributed by atoms with Gasteiger partial charge < -0.3 is 4.84 Å². The van der Waals surface area contributed by atoms with E-state index >= 15 is 0 Å². The lowest BCUT2D eigenvalue weighted by molar-refractivity contribution is 0.134. The summed E-state index contributed by atoms with van der Waals surface area (Å²) in [5, 5.41) is 0. The Balaban J connectivity index is 2.36. The fraction of sp³-hybridized carbons (Fsp3) is 0.538. The predicted molar refractivity (Wildman–Crippen MR) is 63.6 cm³/mol. The van der Waals surface area contributed by atoms with E-state index in [1.165, 1.54) is 11.1 Å². The molecular weight excluding hydrogens is 186 g/mol. The van der Waals surface area contributed by atoms with Crippen LogP contribution in [-0.2, 0) is 11.3 Å². The standard InChI is InChI=1S/C13H21NO/c1-11(2)13-8-6-12(7-9-13)5-3-4-10-15-14/h6-9,11H,3-5,10,14H2,1-2H3. The van der Waals surface area contributed by atoms with Crippen molar-refractivity contribution in [2.24, 2.45) is 5.90 Å². The lowest BCUT2D eigenvalue weighted by Gasteiger charge is -2.06. The first-order chi connectivity index (χ1) is 7.24. The highest BCUT2D eigenvalue weighted by atomic mass is 16.6. The van der Waals surface area contributed by atoms with Gasteiger partial charge in [-0.05, 0) is 36.3 Å². The summed E-state index contributed by atoms with van der Waals surface area (Å²) in [5.74, 6) is 5.58. The number of nitrogens with two attached hydrogens (primary N) is 1. The normalized spacial score (nSPS) is 10.9. The van der Waals surface area contributed by atoms with Crippen LogP contribution in [0.15, 0.2) is 24.3 Å². The molecule has 2 nitrogen and oxygen atoms in total. The second-order valence-electron chi connectivity index (χ2n) is 4.22. The highest BCUT2D eigenvalue weighted by molar-refractivity contribution is 5.24. The SMILES string of the molecule is CC(C)c1ccc(CCCCON)cc1. The van der Waals surface area contributed by atoms with Crippen LogP contribution in [0, 0.1) is 0 Å². The van der Waals surface area contributed by atoms with Gasteiger partial charge in [0.1, 0.15) is 0 Å². The Morgan fingerprint density at radius 3 is 2.33 bits per heavy atom. The number of benzene rings is 1. The molecule has 0 saturated heterocycles. The molecule has 2 heteroatoms. The first-order valence-corrected chi connectivity index (χ1v) is 5.64. The molecule has 0 atom stereocenters. The fourth-order valence-corrected chi connectivity index (χ4v) is 1.58. The molecule has 0 saturated carbocycles. The summed E-state index contributed by atoms with van der Waals surface area (Å²) < 4.78 is 0. The highest BCUT2D eigenvalue weighted by Crippen LogP contribution is 2.15. The third-order valence-electron chi connectivity index (χ3n) is 2.62. The van der Waals surface area contributed by atoms with Gasteiger partial charge in [-0.15, -0.1) is 0 Å². The van der Waals surface area contributed by atoms with Crippen molar-refractivity contribution in [2.45, 2.75) is 39.0 Å². The monoisotopic (exact) mass is 207 g/mol. The second kappa shape index (κ2) is 6.59. The minimum Gasteiger partial charge on any atom is -0.305 e. The summed E-state index contributed by atoms with van der Waals surface area (Å²) in [6.45, 7) is 5.09. The molecule has 0 aliphatic carbocycles. The molecule has 1 rings (SSSR count). The number of aryl methyl sites for hydroxylation is 1. The third kappa shape index (κ3) is 4.45. The summed E-state index contributed by atoms with van der Waals surface area (Å²) in [6, 6.07) is 8.89. The molecular formula is C13H21NO. The maximum absolute atomic E-state index is 4.96. The second-order valence-corrected chi connectivity index (χ2v) is 4.22. The fourth-order valence-electron chi connectivity index (χ4n) is 1.58. The van der Waals surface area contributed by atoms with Gasteiger partial charge in [0.25, 0.3) is 0 Å². The third-order valence-corrected chi connectivity index (χ3v) is 2.62. The van der Waals surface area contributed by atoms with Crippen LogP contribution in [0.2, 0.25) is 0 Å². The molecule has 0 radical (unpaired) electrons. The molecule has 84 valence electrons. The number of hydrogen-bond acceptors (Lipinski definition) is 2. The van der Waals surface area contributed by atoms with Crippen molar-refractivity contribution in [3.05, 3.63) is 35.4 Å². The van der Waals surface area contributed by atoms with E-state index in [4.69, 9.17) is 5.90 Å². The highest BCUT2D eigenvalue weighted by Gasteiger charge is 1.98. The number of hydrogen-bond donors (Lipinski definition) is 1. The van der Waals surface area contributed by atoms with Crippen molar-refractivity contribution in [2.75, 3.05) is 6.61 Å². The predicted octanol–water partition coefficient (Wildman–Crippen LogP) is 3.02. The van der Waals surface area contributed by atoms with Crippen molar-refractivity contribution in [1.29, 1.82) is 0 Å². The lowest BCUT2D eigenvalue weighted by atomic mass is 10.00. The van der Waals surface area contributed by atoms with E-state index in [2.05, 4.69) is 43.0 Å². The van der Waals surface area contributed by atoms with Crippen LogP contribution in [0.4, 0.5) is 0 Å². The Bertz CT molecular complexity index is 266. The number of unbranched alkanes of at least 4 members (excludes halogenated alkanes) is 1. The lowest BCUT2D eigenvalue weighted by Crippen LogP contribution is -2.01. The Hall–Kier alpha value is -0.860. The van der Waals surface area contributed by atoms with Crippen LogP contribution in [-0.4, -0.2) is 6.61 Å². The number of rotatable bonds is 6. The first-order valence-electron chi connectivity index (χ1n) is 5.64. The molecule has 15 heavy (non-hydrogen) atoms. The summed E-state index contributed by atoms with van der Waals surface area (Å²) in [6.07, 6.45) is 3.28. The summed E-state index contributed by atoms with van der Waals surface area (Å²) >= 11 is 0. The van der Waals surface area contributed by atoms with E-state index in [0.29, 0.717) is 12.5 Å². The summed E-state index contributed by atoms with van der Waals surface area (Å²) in [5.41, 5.74) is 2.81. The van der Waals surface area contributed by atoms with Crippen molar-refractivity contribution < 1.29 is 4.84 Å². The average Bonchev–Trinajstić information content (AvgIpc) is 2.25. The van der Waals surface area contributed by atoms with Crippen molar-refractivity contribution in [3.8, 4) is 0 Å². The molecule has 0 aliphatic rings. The Morgan fingerprint density at radius 2 is 1.80 bits per heavy atom. The van der Waals surface area contributed by atoms with E-state index in [1.54, 1.807) is 0 Å². The maximum Gasteiger partial charge on any atom is 0.0679 e. The van der Waals surface area contributed by atoms with Crippen LogP contribution < -0.4 is 5.90 Å². The molecule has 0 amide bonds.